The average Bonchev–Trinajstić information content (AvgIpc) is 2.95. The molecular formula is C36H28N2Pt. The Morgan fingerprint density at radius 1 is 0.513 bits per heavy atom. The second kappa shape index (κ2) is 9.25. The molecule has 6 aromatic rings. The van der Waals surface area contributed by atoms with Gasteiger partial charge >= 0.3 is 21.1 Å². The number of hydrogen-bond acceptors (Lipinski definition) is 2. The van der Waals surface area contributed by atoms with Crippen molar-refractivity contribution in [2.24, 2.45) is 0 Å². The van der Waals surface area contributed by atoms with E-state index in [1.807, 2.05) is 0 Å². The predicted molar refractivity (Wildman–Crippen MR) is 156 cm³/mol. The molecule has 1 aliphatic rings. The second-order valence-electron chi connectivity index (χ2n) is 11.4. The van der Waals surface area contributed by atoms with Crippen LogP contribution in [0, 0.1) is 12.1 Å². The van der Waals surface area contributed by atoms with Crippen LogP contribution in [0.5, 0.6) is 0 Å². The Bertz CT molecular complexity index is 1740. The van der Waals surface area contributed by atoms with Crippen LogP contribution in [-0.2, 0) is 31.9 Å². The van der Waals surface area contributed by atoms with Crippen LogP contribution in [0.25, 0.3) is 44.1 Å². The normalized spacial score (nSPS) is 14.9. The van der Waals surface area contributed by atoms with Crippen LogP contribution in [0.1, 0.15) is 50.2 Å². The van der Waals surface area contributed by atoms with E-state index < -0.39 is 0 Å². The van der Waals surface area contributed by atoms with Crippen molar-refractivity contribution < 1.29 is 21.1 Å². The summed E-state index contributed by atoms with van der Waals surface area (Å²) in [5.41, 5.74) is 7.36. The second-order valence-corrected chi connectivity index (χ2v) is 11.4. The van der Waals surface area contributed by atoms with Gasteiger partial charge in [-0.05, 0) is 22.2 Å². The maximum absolute atomic E-state index is 5.33. The van der Waals surface area contributed by atoms with Gasteiger partial charge in [-0.25, -0.2) is 0 Å². The largest absolute Gasteiger partial charge is 2.00 e. The molecule has 0 radical (unpaired) electrons. The van der Waals surface area contributed by atoms with Crippen molar-refractivity contribution in [1.82, 2.24) is 9.97 Å². The minimum atomic E-state index is -0.383. The monoisotopic (exact) mass is 683 g/mol. The summed E-state index contributed by atoms with van der Waals surface area (Å²) in [6.45, 7) is 8.98. The maximum atomic E-state index is 5.33. The van der Waals surface area contributed by atoms with Crippen LogP contribution < -0.4 is 0 Å². The molecule has 0 aliphatic carbocycles. The third-order valence-corrected chi connectivity index (χ3v) is 8.15. The summed E-state index contributed by atoms with van der Waals surface area (Å²) in [4.78, 5) is 10.7. The van der Waals surface area contributed by atoms with Gasteiger partial charge in [-0.2, -0.15) is 0 Å². The van der Waals surface area contributed by atoms with Crippen molar-refractivity contribution >= 4 is 21.5 Å². The van der Waals surface area contributed by atoms with Crippen molar-refractivity contribution in [2.75, 3.05) is 0 Å². The molecule has 0 saturated carbocycles. The van der Waals surface area contributed by atoms with Crippen molar-refractivity contribution in [3.05, 3.63) is 132 Å². The van der Waals surface area contributed by atoms with E-state index in [0.717, 1.165) is 55.8 Å². The van der Waals surface area contributed by atoms with Crippen LogP contribution in [0.2, 0.25) is 0 Å². The van der Waals surface area contributed by atoms with Gasteiger partial charge in [0.15, 0.2) is 0 Å². The van der Waals surface area contributed by atoms with E-state index in [9.17, 15) is 0 Å². The quantitative estimate of drug-likeness (QED) is 0.150. The summed E-state index contributed by atoms with van der Waals surface area (Å²) in [6.07, 6.45) is 0. The Morgan fingerprint density at radius 3 is 1.36 bits per heavy atom. The summed E-state index contributed by atoms with van der Waals surface area (Å²) in [6, 6.07) is 41.8. The number of benzene rings is 4. The van der Waals surface area contributed by atoms with Crippen LogP contribution in [-0.4, -0.2) is 9.97 Å². The molecule has 3 heteroatoms. The summed E-state index contributed by atoms with van der Waals surface area (Å²) in [5.74, 6) is 0. The molecule has 4 aromatic carbocycles. The van der Waals surface area contributed by atoms with Crippen LogP contribution in [0.4, 0.5) is 0 Å². The standard InChI is InChI=1S/C36H28N2.Pt/c1-35(2)27-15-9-13-25(19-27)32-22-24-12-6-8-18-30(24)34(38-32)36(3,4)28-16-10-14-26(20-28)31-21-23-11-5-7-17-29(23)33(35)37-31;/h5-18,21-22H,1-4H3;/q-2;+2. The molecule has 2 nitrogen and oxygen atoms in total. The van der Waals surface area contributed by atoms with Gasteiger partial charge in [0.1, 0.15) is 0 Å². The molecular weight excluding hydrogens is 655 g/mol. The van der Waals surface area contributed by atoms with Crippen LogP contribution >= 0.6 is 0 Å². The molecule has 0 unspecified atom stereocenters. The molecule has 0 amide bonds. The van der Waals surface area contributed by atoms with E-state index in [2.05, 4.69) is 137 Å². The molecule has 39 heavy (non-hydrogen) atoms. The van der Waals surface area contributed by atoms with Gasteiger partial charge in [-0.1, -0.05) is 88.4 Å². The third kappa shape index (κ3) is 4.05. The van der Waals surface area contributed by atoms with E-state index in [1.54, 1.807) is 0 Å². The first-order valence-electron chi connectivity index (χ1n) is 13.2. The Hall–Kier alpha value is -3.61. The summed E-state index contributed by atoms with van der Waals surface area (Å²) in [5, 5.41) is 4.68. The summed E-state index contributed by atoms with van der Waals surface area (Å²) >= 11 is 0. The van der Waals surface area contributed by atoms with Crippen LogP contribution in [0.3, 0.4) is 0 Å². The fourth-order valence-electron chi connectivity index (χ4n) is 5.85. The number of aromatic nitrogens is 2. The number of hydrogen-bond donors (Lipinski definition) is 0. The van der Waals surface area contributed by atoms with Gasteiger partial charge in [-0.15, -0.1) is 70.8 Å². The smallest absolute Gasteiger partial charge is 0.300 e. The van der Waals surface area contributed by atoms with E-state index in [4.69, 9.17) is 9.97 Å². The van der Waals surface area contributed by atoms with E-state index in [-0.39, 0.29) is 31.9 Å². The molecule has 0 atom stereocenters. The Kier molecular flexibility index (Phi) is 6.08. The molecule has 0 spiro atoms. The molecule has 0 N–H and O–H groups in total. The first-order chi connectivity index (χ1) is 18.3. The van der Waals surface area contributed by atoms with Crippen molar-refractivity contribution in [1.29, 1.82) is 0 Å². The predicted octanol–water partition coefficient (Wildman–Crippen LogP) is 8.68. The third-order valence-electron chi connectivity index (χ3n) is 8.15. The van der Waals surface area contributed by atoms with Gasteiger partial charge < -0.3 is 0 Å². The minimum Gasteiger partial charge on any atom is -0.300 e. The zero-order valence-corrected chi connectivity index (χ0v) is 24.7. The van der Waals surface area contributed by atoms with Crippen LogP contribution in [0.15, 0.2) is 97.1 Å². The Labute approximate surface area is 244 Å². The molecule has 0 fully saturated rings. The fourth-order valence-corrected chi connectivity index (χ4v) is 5.85. The number of nitrogens with zero attached hydrogens (tertiary/aromatic N) is 2. The Morgan fingerprint density at radius 2 is 0.923 bits per heavy atom. The maximum Gasteiger partial charge on any atom is 2.00 e. The molecule has 2 aromatic heterocycles. The molecule has 0 saturated heterocycles. The van der Waals surface area contributed by atoms with Crippen molar-refractivity contribution in [3.63, 3.8) is 0 Å². The number of rotatable bonds is 0. The van der Waals surface area contributed by atoms with Crippen molar-refractivity contribution in [2.45, 2.75) is 38.5 Å². The van der Waals surface area contributed by atoms with Gasteiger partial charge in [-0.3, -0.25) is 9.97 Å². The zero-order valence-electron chi connectivity index (χ0n) is 22.4. The minimum absolute atomic E-state index is 0. The number of fused-ring (bicyclic) bond motifs is 14. The summed E-state index contributed by atoms with van der Waals surface area (Å²) < 4.78 is 0. The van der Waals surface area contributed by atoms with E-state index in [0.29, 0.717) is 0 Å². The van der Waals surface area contributed by atoms with E-state index >= 15 is 0 Å². The van der Waals surface area contributed by atoms with Gasteiger partial charge in [0, 0.05) is 33.0 Å². The first kappa shape index (κ1) is 25.7. The van der Waals surface area contributed by atoms with Gasteiger partial charge in [0.2, 0.25) is 0 Å². The first-order valence-corrected chi connectivity index (χ1v) is 13.2. The average molecular weight is 684 g/mol. The SMILES string of the molecule is CC1(C)c2[c-]c(ccc2)-c2cc3ccccc3c(n2)C(C)(C)c2[c-]c(ccc2)-c2cc3ccccc3c1n2.[Pt+2]. The zero-order chi connectivity index (χ0) is 26.1. The molecule has 192 valence electrons. The van der Waals surface area contributed by atoms with Gasteiger partial charge in [0.25, 0.3) is 0 Å². The summed E-state index contributed by atoms with van der Waals surface area (Å²) in [7, 11) is 0. The Balaban J connectivity index is 0.00000277. The topological polar surface area (TPSA) is 25.8 Å². The van der Waals surface area contributed by atoms with E-state index in [1.165, 1.54) is 10.8 Å². The molecule has 7 rings (SSSR count). The van der Waals surface area contributed by atoms with Crippen molar-refractivity contribution in [3.8, 4) is 22.5 Å². The fraction of sp³-hybridized carbons (Fsp3) is 0.167. The molecule has 8 bridgehead atoms. The van der Waals surface area contributed by atoms with Gasteiger partial charge in [0.05, 0.1) is 0 Å². The number of pyridine rings is 2. The molecule has 3 heterocycles. The molecule has 1 aliphatic heterocycles.